The second-order valence-electron chi connectivity index (χ2n) is 6.83. The highest BCUT2D eigenvalue weighted by atomic mass is 32.2. The number of carbonyl (C=O) groups excluding carboxylic acids is 1. The molecule has 150 valence electrons. The molecule has 1 aliphatic heterocycles. The van der Waals surface area contributed by atoms with E-state index in [4.69, 9.17) is 4.74 Å². The number of rotatable bonds is 6. The smallest absolute Gasteiger partial charge is 0.263 e. The van der Waals surface area contributed by atoms with Crippen LogP contribution in [0, 0.1) is 0 Å². The zero-order valence-electron chi connectivity index (χ0n) is 16.4. The van der Waals surface area contributed by atoms with Gasteiger partial charge in [-0.15, -0.1) is 0 Å². The van der Waals surface area contributed by atoms with E-state index in [1.807, 2.05) is 31.2 Å². The summed E-state index contributed by atoms with van der Waals surface area (Å²) < 4.78 is 32.1. The predicted octanol–water partition coefficient (Wildman–Crippen LogP) is 3.04. The summed E-state index contributed by atoms with van der Waals surface area (Å²) >= 11 is 0. The van der Waals surface area contributed by atoms with Gasteiger partial charge in [0.15, 0.2) is 6.10 Å². The number of para-hydroxylation sites is 2. The largest absolute Gasteiger partial charge is 0.476 e. The number of aryl methyl sites for hydroxylation is 1. The summed E-state index contributed by atoms with van der Waals surface area (Å²) in [6.07, 6.45) is 0.0477. The minimum absolute atomic E-state index is 0.0412. The maximum atomic E-state index is 12.8. The number of benzene rings is 2. The fourth-order valence-corrected chi connectivity index (χ4v) is 4.31. The van der Waals surface area contributed by atoms with E-state index >= 15 is 0 Å². The minimum Gasteiger partial charge on any atom is -0.476 e. The van der Waals surface area contributed by atoms with Gasteiger partial charge >= 0.3 is 0 Å². The van der Waals surface area contributed by atoms with E-state index in [1.54, 1.807) is 31.2 Å². The lowest BCUT2D eigenvalue weighted by molar-refractivity contribution is -0.128. The molecule has 1 aliphatic rings. The van der Waals surface area contributed by atoms with Crippen LogP contribution < -0.4 is 14.4 Å². The van der Waals surface area contributed by atoms with E-state index in [1.165, 1.54) is 9.87 Å². The van der Waals surface area contributed by atoms with Crippen molar-refractivity contribution >= 4 is 21.6 Å². The van der Waals surface area contributed by atoms with Crippen LogP contribution in [0.3, 0.4) is 0 Å². The molecule has 0 radical (unpaired) electrons. The fourth-order valence-electron chi connectivity index (χ4n) is 3.19. The van der Waals surface area contributed by atoms with E-state index in [0.29, 0.717) is 11.4 Å². The van der Waals surface area contributed by atoms with Crippen molar-refractivity contribution in [2.24, 2.45) is 0 Å². The first kappa shape index (κ1) is 20.2. The molecular formula is C21H26N2O4S. The maximum Gasteiger partial charge on any atom is 0.263 e. The summed E-state index contributed by atoms with van der Waals surface area (Å²) in [6.45, 7) is 5.54. The number of sulfonamides is 1. The molecular weight excluding hydrogens is 376 g/mol. The molecule has 0 fully saturated rings. The molecule has 28 heavy (non-hydrogen) atoms. The number of anilines is 1. The van der Waals surface area contributed by atoms with Gasteiger partial charge in [-0.3, -0.25) is 9.10 Å². The van der Waals surface area contributed by atoms with Gasteiger partial charge in [-0.2, -0.15) is 0 Å². The Morgan fingerprint density at radius 1 is 1.18 bits per heavy atom. The molecule has 0 bridgehead atoms. The van der Waals surface area contributed by atoms with Gasteiger partial charge in [0.25, 0.3) is 5.91 Å². The average molecular weight is 403 g/mol. The average Bonchev–Trinajstić information content (AvgIpc) is 2.72. The van der Waals surface area contributed by atoms with Crippen LogP contribution in [0.25, 0.3) is 0 Å². The van der Waals surface area contributed by atoms with Gasteiger partial charge in [0.2, 0.25) is 10.0 Å². The number of fused-ring (bicyclic) bond motifs is 1. The van der Waals surface area contributed by atoms with Crippen molar-refractivity contribution in [1.29, 1.82) is 0 Å². The first-order chi connectivity index (χ1) is 13.4. The lowest BCUT2D eigenvalue weighted by atomic mass is 10.0. The number of hydrogen-bond donors (Lipinski definition) is 1. The van der Waals surface area contributed by atoms with Gasteiger partial charge in [0.05, 0.1) is 24.0 Å². The van der Waals surface area contributed by atoms with E-state index in [2.05, 4.69) is 12.2 Å². The molecule has 0 spiro atoms. The number of nitrogens with zero attached hydrogens (tertiary/aromatic N) is 1. The van der Waals surface area contributed by atoms with Crippen LogP contribution in [0.4, 0.5) is 5.69 Å². The van der Waals surface area contributed by atoms with E-state index < -0.39 is 16.1 Å². The van der Waals surface area contributed by atoms with Gasteiger partial charge in [0, 0.05) is 0 Å². The van der Waals surface area contributed by atoms with Crippen molar-refractivity contribution < 1.29 is 17.9 Å². The van der Waals surface area contributed by atoms with Gasteiger partial charge in [-0.1, -0.05) is 43.3 Å². The van der Waals surface area contributed by atoms with Crippen LogP contribution in [0.2, 0.25) is 0 Å². The molecule has 2 aromatic rings. The Labute approximate surface area is 166 Å². The second-order valence-corrected chi connectivity index (χ2v) is 9.01. The highest BCUT2D eigenvalue weighted by Crippen LogP contribution is 2.35. The zero-order valence-corrected chi connectivity index (χ0v) is 17.2. The van der Waals surface area contributed by atoms with Crippen LogP contribution in [-0.4, -0.2) is 32.7 Å². The molecule has 1 heterocycles. The van der Waals surface area contributed by atoms with Crippen LogP contribution in [-0.2, 0) is 21.2 Å². The van der Waals surface area contributed by atoms with Crippen molar-refractivity contribution in [3.63, 3.8) is 0 Å². The molecule has 2 aromatic carbocycles. The number of amides is 1. The highest BCUT2D eigenvalue weighted by molar-refractivity contribution is 7.92. The van der Waals surface area contributed by atoms with Crippen LogP contribution in [0.1, 0.15) is 37.9 Å². The molecule has 2 atom stereocenters. The Hall–Kier alpha value is -2.54. The van der Waals surface area contributed by atoms with Crippen molar-refractivity contribution in [2.75, 3.05) is 16.6 Å². The lowest BCUT2D eigenvalue weighted by Crippen LogP contribution is -2.51. The summed E-state index contributed by atoms with van der Waals surface area (Å²) in [5.41, 5.74) is 2.69. The van der Waals surface area contributed by atoms with Crippen molar-refractivity contribution in [2.45, 2.75) is 39.3 Å². The van der Waals surface area contributed by atoms with Crippen LogP contribution in [0.5, 0.6) is 5.75 Å². The number of hydrogen-bond acceptors (Lipinski definition) is 4. The fraction of sp³-hybridized carbons (Fsp3) is 0.381. The molecule has 0 aromatic heterocycles. The van der Waals surface area contributed by atoms with Crippen molar-refractivity contribution in [1.82, 2.24) is 5.32 Å². The summed E-state index contributed by atoms with van der Waals surface area (Å²) in [4.78, 5) is 12.8. The molecule has 6 nitrogen and oxygen atoms in total. The van der Waals surface area contributed by atoms with Gasteiger partial charge in [0.1, 0.15) is 5.75 Å². The SMILES string of the molecule is CCc1ccc([C@H](C)NC(=O)[C@H]2CN(S(=O)(=O)CC)c3ccccc3O2)cc1. The van der Waals surface area contributed by atoms with Gasteiger partial charge < -0.3 is 10.1 Å². The van der Waals surface area contributed by atoms with E-state index in [0.717, 1.165) is 12.0 Å². The summed E-state index contributed by atoms with van der Waals surface area (Å²) in [5, 5.41) is 2.94. The lowest BCUT2D eigenvalue weighted by Gasteiger charge is -2.35. The minimum atomic E-state index is -3.52. The standard InChI is InChI=1S/C21H26N2O4S/c1-4-16-10-12-17(13-11-16)15(3)22-21(24)20-14-23(28(25,26)5-2)18-8-6-7-9-19(18)27-20/h6-13,15,20H,4-5,14H2,1-3H3,(H,22,24)/t15-,20+/m0/s1. The number of nitrogens with one attached hydrogen (secondary N) is 1. The summed E-state index contributed by atoms with van der Waals surface area (Å²) in [7, 11) is -3.52. The number of ether oxygens (including phenoxy) is 1. The number of carbonyl (C=O) groups is 1. The predicted molar refractivity (Wildman–Crippen MR) is 110 cm³/mol. The van der Waals surface area contributed by atoms with Crippen molar-refractivity contribution in [3.8, 4) is 5.75 Å². The third-order valence-corrected chi connectivity index (χ3v) is 6.72. The molecule has 7 heteroatoms. The molecule has 0 saturated carbocycles. The van der Waals surface area contributed by atoms with E-state index in [-0.39, 0.29) is 24.2 Å². The Morgan fingerprint density at radius 3 is 2.50 bits per heavy atom. The Morgan fingerprint density at radius 2 is 1.86 bits per heavy atom. The van der Waals surface area contributed by atoms with Crippen LogP contribution in [0.15, 0.2) is 48.5 Å². The Balaban J connectivity index is 1.78. The first-order valence-electron chi connectivity index (χ1n) is 9.51. The quantitative estimate of drug-likeness (QED) is 0.806. The summed E-state index contributed by atoms with van der Waals surface area (Å²) in [5.74, 6) is 0.0132. The van der Waals surface area contributed by atoms with Crippen LogP contribution >= 0.6 is 0 Å². The molecule has 1 N–H and O–H groups in total. The Kier molecular flexibility index (Phi) is 5.93. The Bertz CT molecular complexity index is 941. The molecule has 0 aliphatic carbocycles. The molecule has 0 saturated heterocycles. The van der Waals surface area contributed by atoms with E-state index in [9.17, 15) is 13.2 Å². The third kappa shape index (κ3) is 4.14. The maximum absolute atomic E-state index is 12.8. The normalized spacial score (nSPS) is 17.4. The zero-order chi connectivity index (χ0) is 20.3. The highest BCUT2D eigenvalue weighted by Gasteiger charge is 2.36. The molecule has 0 unspecified atom stereocenters. The first-order valence-corrected chi connectivity index (χ1v) is 11.1. The topological polar surface area (TPSA) is 75.7 Å². The molecule has 3 rings (SSSR count). The monoisotopic (exact) mass is 402 g/mol. The van der Waals surface area contributed by atoms with Gasteiger partial charge in [-0.25, -0.2) is 8.42 Å². The van der Waals surface area contributed by atoms with Crippen molar-refractivity contribution in [3.05, 3.63) is 59.7 Å². The summed E-state index contributed by atoms with van der Waals surface area (Å²) in [6, 6.07) is 14.7. The van der Waals surface area contributed by atoms with Gasteiger partial charge in [-0.05, 0) is 43.5 Å². The third-order valence-electron chi connectivity index (χ3n) is 4.97. The molecule has 1 amide bonds. The second kappa shape index (κ2) is 8.22.